The standard InChI is InChI=1S/C28H27N3O2S/c1-19(2)23-13-5-6-15-25(23)29-28-30(26-16-8-10-20-9-3-4-14-24(20)26)27(18-34-28)21-11-7-12-22(17-21)31(32)33/h3-7,9,11-15,17-19,26H,8,10,16H2,1-2H3. The van der Waals surface area contributed by atoms with Crippen molar-refractivity contribution in [2.24, 2.45) is 4.99 Å². The number of para-hydroxylation sites is 1. The van der Waals surface area contributed by atoms with E-state index in [2.05, 4.69) is 66.3 Å². The van der Waals surface area contributed by atoms with Crippen LogP contribution in [-0.2, 0) is 6.42 Å². The van der Waals surface area contributed by atoms with Crippen molar-refractivity contribution in [1.82, 2.24) is 4.57 Å². The van der Waals surface area contributed by atoms with E-state index < -0.39 is 0 Å². The molecule has 1 aliphatic carbocycles. The first kappa shape index (κ1) is 22.3. The van der Waals surface area contributed by atoms with Crippen LogP contribution in [0.25, 0.3) is 11.3 Å². The molecule has 3 aromatic carbocycles. The Morgan fingerprint density at radius 3 is 2.68 bits per heavy atom. The second-order valence-electron chi connectivity index (χ2n) is 9.01. The van der Waals surface area contributed by atoms with Crippen LogP contribution in [0, 0.1) is 10.1 Å². The number of non-ortho nitro benzene ring substituents is 1. The number of aromatic nitrogens is 1. The summed E-state index contributed by atoms with van der Waals surface area (Å²) in [5, 5.41) is 13.6. The number of fused-ring (bicyclic) bond motifs is 1. The molecular formula is C28H27N3O2S. The maximum absolute atomic E-state index is 11.5. The van der Waals surface area contributed by atoms with Crippen molar-refractivity contribution in [2.45, 2.75) is 45.1 Å². The molecule has 172 valence electrons. The number of aryl methyl sites for hydroxylation is 1. The average molecular weight is 470 g/mol. The fourth-order valence-electron chi connectivity index (χ4n) is 4.87. The minimum atomic E-state index is -0.333. The van der Waals surface area contributed by atoms with Crippen LogP contribution in [0.1, 0.15) is 55.3 Å². The van der Waals surface area contributed by atoms with Crippen LogP contribution in [0.4, 0.5) is 11.4 Å². The molecule has 0 radical (unpaired) electrons. The highest BCUT2D eigenvalue weighted by atomic mass is 32.1. The summed E-state index contributed by atoms with van der Waals surface area (Å²) in [6, 6.07) is 24.0. The SMILES string of the molecule is CC(C)c1ccccc1N=c1scc(-c2cccc([N+](=O)[O-])c2)n1C1CCCc2ccccc21. The van der Waals surface area contributed by atoms with Gasteiger partial charge in [-0.1, -0.05) is 68.4 Å². The van der Waals surface area contributed by atoms with Gasteiger partial charge < -0.3 is 4.57 Å². The normalized spacial score (nSPS) is 16.0. The lowest BCUT2D eigenvalue weighted by Gasteiger charge is -2.28. The van der Waals surface area contributed by atoms with E-state index in [1.807, 2.05) is 12.1 Å². The van der Waals surface area contributed by atoms with Crippen LogP contribution in [0.15, 0.2) is 83.2 Å². The van der Waals surface area contributed by atoms with E-state index in [0.717, 1.165) is 41.0 Å². The fraction of sp³-hybridized carbons (Fsp3) is 0.250. The van der Waals surface area contributed by atoms with Gasteiger partial charge in [0.25, 0.3) is 5.69 Å². The first-order valence-corrected chi connectivity index (χ1v) is 12.6. The van der Waals surface area contributed by atoms with Crippen molar-refractivity contribution in [3.05, 3.63) is 110 Å². The van der Waals surface area contributed by atoms with E-state index >= 15 is 0 Å². The van der Waals surface area contributed by atoms with Crippen molar-refractivity contribution in [1.29, 1.82) is 0 Å². The molecule has 0 bridgehead atoms. The zero-order valence-corrected chi connectivity index (χ0v) is 20.2. The van der Waals surface area contributed by atoms with Gasteiger partial charge in [0.1, 0.15) is 0 Å². The summed E-state index contributed by atoms with van der Waals surface area (Å²) >= 11 is 1.60. The molecule has 1 heterocycles. The summed E-state index contributed by atoms with van der Waals surface area (Å²) < 4.78 is 2.30. The number of nitrogens with zero attached hydrogens (tertiary/aromatic N) is 3. The number of hydrogen-bond acceptors (Lipinski definition) is 4. The third-order valence-electron chi connectivity index (χ3n) is 6.52. The van der Waals surface area contributed by atoms with Crippen LogP contribution in [0.5, 0.6) is 0 Å². The molecule has 4 aromatic rings. The predicted molar refractivity (Wildman–Crippen MR) is 138 cm³/mol. The molecule has 34 heavy (non-hydrogen) atoms. The summed E-state index contributed by atoms with van der Waals surface area (Å²) in [6.07, 6.45) is 3.18. The topological polar surface area (TPSA) is 60.4 Å². The molecule has 0 spiro atoms. The highest BCUT2D eigenvalue weighted by Crippen LogP contribution is 2.36. The largest absolute Gasteiger partial charge is 0.309 e. The van der Waals surface area contributed by atoms with Gasteiger partial charge in [0.15, 0.2) is 4.80 Å². The quantitative estimate of drug-likeness (QED) is 0.226. The molecule has 0 fully saturated rings. The number of nitro benzene ring substituents is 1. The van der Waals surface area contributed by atoms with E-state index in [-0.39, 0.29) is 16.7 Å². The molecule has 1 atom stereocenters. The number of nitro groups is 1. The van der Waals surface area contributed by atoms with E-state index in [4.69, 9.17) is 4.99 Å². The predicted octanol–water partition coefficient (Wildman–Crippen LogP) is 7.41. The molecule has 6 heteroatoms. The first-order valence-electron chi connectivity index (χ1n) is 11.7. The summed E-state index contributed by atoms with van der Waals surface area (Å²) in [5.41, 5.74) is 6.78. The Morgan fingerprint density at radius 2 is 1.85 bits per heavy atom. The summed E-state index contributed by atoms with van der Waals surface area (Å²) in [4.78, 5) is 17.2. The lowest BCUT2D eigenvalue weighted by molar-refractivity contribution is -0.384. The summed E-state index contributed by atoms with van der Waals surface area (Å²) in [7, 11) is 0. The van der Waals surface area contributed by atoms with Crippen molar-refractivity contribution >= 4 is 22.7 Å². The number of hydrogen-bond donors (Lipinski definition) is 0. The number of benzene rings is 3. The van der Waals surface area contributed by atoms with Gasteiger partial charge in [-0.2, -0.15) is 0 Å². The molecule has 0 saturated carbocycles. The highest BCUT2D eigenvalue weighted by Gasteiger charge is 2.25. The van der Waals surface area contributed by atoms with Crippen LogP contribution < -0.4 is 4.80 Å². The molecule has 0 amide bonds. The van der Waals surface area contributed by atoms with Gasteiger partial charge >= 0.3 is 0 Å². The summed E-state index contributed by atoms with van der Waals surface area (Å²) in [5.74, 6) is 0.361. The van der Waals surface area contributed by atoms with E-state index in [0.29, 0.717) is 5.92 Å². The Labute approximate surface area is 203 Å². The Balaban J connectivity index is 1.76. The molecule has 0 saturated heterocycles. The Bertz CT molecular complexity index is 1420. The number of thiazole rings is 1. The first-order chi connectivity index (χ1) is 16.5. The van der Waals surface area contributed by atoms with Crippen LogP contribution >= 0.6 is 11.3 Å². The van der Waals surface area contributed by atoms with Gasteiger partial charge in [-0.25, -0.2) is 4.99 Å². The molecule has 0 N–H and O–H groups in total. The smallest absolute Gasteiger partial charge is 0.270 e. The zero-order chi connectivity index (χ0) is 23.7. The van der Waals surface area contributed by atoms with Crippen molar-refractivity contribution < 1.29 is 4.92 Å². The van der Waals surface area contributed by atoms with Gasteiger partial charge in [0.2, 0.25) is 0 Å². The third kappa shape index (κ3) is 4.21. The minimum Gasteiger partial charge on any atom is -0.309 e. The summed E-state index contributed by atoms with van der Waals surface area (Å²) in [6.45, 7) is 4.37. The highest BCUT2D eigenvalue weighted by molar-refractivity contribution is 7.07. The fourth-order valence-corrected chi connectivity index (χ4v) is 5.83. The minimum absolute atomic E-state index is 0.0999. The Hall–Kier alpha value is -3.51. The van der Waals surface area contributed by atoms with E-state index in [1.165, 1.54) is 16.7 Å². The second kappa shape index (κ2) is 9.39. The zero-order valence-electron chi connectivity index (χ0n) is 19.3. The van der Waals surface area contributed by atoms with Crippen molar-refractivity contribution in [3.63, 3.8) is 0 Å². The molecule has 5 nitrogen and oxygen atoms in total. The van der Waals surface area contributed by atoms with E-state index in [9.17, 15) is 10.1 Å². The van der Waals surface area contributed by atoms with Gasteiger partial charge in [-0.3, -0.25) is 10.1 Å². The van der Waals surface area contributed by atoms with Crippen molar-refractivity contribution in [3.8, 4) is 11.3 Å². The van der Waals surface area contributed by atoms with Crippen LogP contribution in [0.2, 0.25) is 0 Å². The average Bonchev–Trinajstić information content (AvgIpc) is 3.27. The van der Waals surface area contributed by atoms with Crippen LogP contribution in [0.3, 0.4) is 0 Å². The van der Waals surface area contributed by atoms with E-state index in [1.54, 1.807) is 29.5 Å². The van der Waals surface area contributed by atoms with Gasteiger partial charge in [0, 0.05) is 23.1 Å². The van der Waals surface area contributed by atoms with Gasteiger partial charge in [0.05, 0.1) is 22.3 Å². The molecule has 0 aliphatic heterocycles. The van der Waals surface area contributed by atoms with Crippen LogP contribution in [-0.4, -0.2) is 9.49 Å². The molecule has 1 unspecified atom stereocenters. The van der Waals surface area contributed by atoms with Gasteiger partial charge in [-0.15, -0.1) is 11.3 Å². The molecule has 1 aliphatic rings. The second-order valence-corrected chi connectivity index (χ2v) is 9.85. The molecule has 5 rings (SSSR count). The maximum Gasteiger partial charge on any atom is 0.270 e. The Morgan fingerprint density at radius 1 is 1.06 bits per heavy atom. The lowest BCUT2D eigenvalue weighted by Crippen LogP contribution is -2.26. The third-order valence-corrected chi connectivity index (χ3v) is 7.36. The molecule has 1 aromatic heterocycles. The Kier molecular flexibility index (Phi) is 6.16. The maximum atomic E-state index is 11.5. The van der Waals surface area contributed by atoms with Crippen molar-refractivity contribution in [2.75, 3.05) is 0 Å². The van der Waals surface area contributed by atoms with Gasteiger partial charge in [-0.05, 0) is 47.9 Å². The number of rotatable bonds is 5. The monoisotopic (exact) mass is 469 g/mol. The molecular weight excluding hydrogens is 442 g/mol. The lowest BCUT2D eigenvalue weighted by atomic mass is 9.87.